The van der Waals surface area contributed by atoms with Gasteiger partial charge < -0.3 is 10.1 Å². The molecule has 0 bridgehead atoms. The lowest BCUT2D eigenvalue weighted by Crippen LogP contribution is -1.97. The molecule has 0 aromatic carbocycles. The van der Waals surface area contributed by atoms with Gasteiger partial charge in [-0.1, -0.05) is 0 Å². The average Bonchev–Trinajstić information content (AvgIpc) is 2.04. The van der Waals surface area contributed by atoms with Gasteiger partial charge in [-0.15, -0.1) is 12.4 Å². The van der Waals surface area contributed by atoms with Crippen molar-refractivity contribution < 1.29 is 4.74 Å². The Morgan fingerprint density at radius 2 is 2.00 bits per heavy atom. The highest BCUT2D eigenvalue weighted by molar-refractivity contribution is 5.85. The second-order valence-electron chi connectivity index (χ2n) is 1.66. The molecule has 0 aliphatic rings. The lowest BCUT2D eigenvalue weighted by atomic mass is 10.6. The van der Waals surface area contributed by atoms with E-state index in [-0.39, 0.29) is 12.4 Å². The first-order valence-electron chi connectivity index (χ1n) is 2.91. The quantitative estimate of drug-likeness (QED) is 0.727. The van der Waals surface area contributed by atoms with E-state index in [0.29, 0.717) is 11.7 Å². The van der Waals surface area contributed by atoms with E-state index in [2.05, 4.69) is 15.3 Å². The molecule has 0 fully saturated rings. The highest BCUT2D eigenvalue weighted by Crippen LogP contribution is 2.14. The van der Waals surface area contributed by atoms with E-state index < -0.39 is 0 Å². The molecule has 0 radical (unpaired) electrons. The molecule has 0 aliphatic heterocycles. The van der Waals surface area contributed by atoms with Crippen LogP contribution in [0.1, 0.15) is 0 Å². The van der Waals surface area contributed by atoms with Gasteiger partial charge in [0, 0.05) is 19.4 Å². The minimum Gasteiger partial charge on any atom is -0.478 e. The number of anilines is 1. The SMILES string of the molecule is CNc1nccnc1OC.Cl. The minimum atomic E-state index is 0. The number of hydrogen-bond donors (Lipinski definition) is 1. The molecule has 0 spiro atoms. The third kappa shape index (κ3) is 2.23. The molecule has 5 heteroatoms. The molecular weight excluding hydrogens is 166 g/mol. The predicted molar refractivity (Wildman–Crippen MR) is 45.4 cm³/mol. The molecule has 0 amide bonds. The van der Waals surface area contributed by atoms with Crippen molar-refractivity contribution in [2.45, 2.75) is 0 Å². The van der Waals surface area contributed by atoms with E-state index in [1.54, 1.807) is 26.6 Å². The maximum Gasteiger partial charge on any atom is 0.257 e. The second-order valence-corrected chi connectivity index (χ2v) is 1.66. The van der Waals surface area contributed by atoms with Gasteiger partial charge in [-0.05, 0) is 0 Å². The number of nitrogens with one attached hydrogen (secondary N) is 1. The Balaban J connectivity index is 0.000001000. The van der Waals surface area contributed by atoms with Crippen LogP contribution in [0.5, 0.6) is 5.88 Å². The number of aromatic nitrogens is 2. The van der Waals surface area contributed by atoms with Crippen LogP contribution in [0.25, 0.3) is 0 Å². The number of halogens is 1. The molecule has 0 atom stereocenters. The number of rotatable bonds is 2. The lowest BCUT2D eigenvalue weighted by Gasteiger charge is -2.02. The van der Waals surface area contributed by atoms with Gasteiger partial charge in [0.25, 0.3) is 5.88 Å². The summed E-state index contributed by atoms with van der Waals surface area (Å²) in [6.45, 7) is 0. The maximum atomic E-state index is 4.90. The van der Waals surface area contributed by atoms with Crippen LogP contribution in [0, 0.1) is 0 Å². The number of nitrogens with zero attached hydrogens (tertiary/aromatic N) is 2. The first-order valence-corrected chi connectivity index (χ1v) is 2.91. The number of methoxy groups -OCH3 is 1. The van der Waals surface area contributed by atoms with Crippen molar-refractivity contribution in [3.05, 3.63) is 12.4 Å². The summed E-state index contributed by atoms with van der Waals surface area (Å²) in [7, 11) is 3.33. The summed E-state index contributed by atoms with van der Waals surface area (Å²) in [5.74, 6) is 1.18. The molecule has 0 aliphatic carbocycles. The van der Waals surface area contributed by atoms with Gasteiger partial charge >= 0.3 is 0 Å². The van der Waals surface area contributed by atoms with Crippen molar-refractivity contribution in [3.63, 3.8) is 0 Å². The van der Waals surface area contributed by atoms with Crippen molar-refractivity contribution in [2.75, 3.05) is 19.5 Å². The zero-order valence-electron chi connectivity index (χ0n) is 6.37. The van der Waals surface area contributed by atoms with E-state index in [4.69, 9.17) is 4.74 Å². The molecule has 11 heavy (non-hydrogen) atoms. The standard InChI is InChI=1S/C6H9N3O.ClH/c1-7-5-6(10-2)9-4-3-8-5;/h3-4H,1-2H3,(H,7,8);1H. The molecule has 1 aromatic rings. The summed E-state index contributed by atoms with van der Waals surface area (Å²) in [5, 5.41) is 2.85. The maximum absolute atomic E-state index is 4.90. The third-order valence-corrected chi connectivity index (χ3v) is 1.09. The normalized spacial score (nSPS) is 8.18. The number of ether oxygens (including phenoxy) is 1. The molecule has 1 N–H and O–H groups in total. The van der Waals surface area contributed by atoms with Crippen molar-refractivity contribution in [1.82, 2.24) is 9.97 Å². The Morgan fingerprint density at radius 3 is 2.45 bits per heavy atom. The van der Waals surface area contributed by atoms with Gasteiger partial charge in [-0.25, -0.2) is 9.97 Å². The summed E-state index contributed by atoms with van der Waals surface area (Å²) in [4.78, 5) is 7.89. The fourth-order valence-corrected chi connectivity index (χ4v) is 0.646. The third-order valence-electron chi connectivity index (χ3n) is 1.09. The van der Waals surface area contributed by atoms with Gasteiger partial charge in [0.1, 0.15) is 0 Å². The minimum absolute atomic E-state index is 0. The Bertz CT molecular complexity index is 196. The van der Waals surface area contributed by atoms with Gasteiger partial charge in [0.2, 0.25) is 0 Å². The van der Waals surface area contributed by atoms with Crippen molar-refractivity contribution in [1.29, 1.82) is 0 Å². The fourth-order valence-electron chi connectivity index (χ4n) is 0.646. The van der Waals surface area contributed by atoms with Gasteiger partial charge in [0.15, 0.2) is 5.82 Å². The molecule has 62 valence electrons. The van der Waals surface area contributed by atoms with Crippen LogP contribution in [-0.4, -0.2) is 24.1 Å². The molecule has 1 heterocycles. The van der Waals surface area contributed by atoms with E-state index in [1.165, 1.54) is 0 Å². The molecular formula is C6H10ClN3O. The number of hydrogen-bond acceptors (Lipinski definition) is 4. The van der Waals surface area contributed by atoms with Gasteiger partial charge in [-0.3, -0.25) is 0 Å². The van der Waals surface area contributed by atoms with Gasteiger partial charge in [-0.2, -0.15) is 0 Å². The zero-order chi connectivity index (χ0) is 7.40. The molecule has 1 aromatic heterocycles. The Kier molecular flexibility index (Phi) is 4.29. The Labute approximate surface area is 71.4 Å². The van der Waals surface area contributed by atoms with Crippen LogP contribution in [-0.2, 0) is 0 Å². The largest absolute Gasteiger partial charge is 0.478 e. The lowest BCUT2D eigenvalue weighted by molar-refractivity contribution is 0.398. The van der Waals surface area contributed by atoms with Crippen LogP contribution < -0.4 is 10.1 Å². The zero-order valence-corrected chi connectivity index (χ0v) is 7.18. The topological polar surface area (TPSA) is 47.0 Å². The molecule has 4 nitrogen and oxygen atoms in total. The average molecular weight is 176 g/mol. The molecule has 0 saturated carbocycles. The van der Waals surface area contributed by atoms with E-state index in [0.717, 1.165) is 0 Å². The van der Waals surface area contributed by atoms with E-state index in [1.807, 2.05) is 0 Å². The van der Waals surface area contributed by atoms with Crippen molar-refractivity contribution in [2.24, 2.45) is 0 Å². The summed E-state index contributed by atoms with van der Waals surface area (Å²) in [5.41, 5.74) is 0. The predicted octanol–water partition coefficient (Wildman–Crippen LogP) is 0.949. The van der Waals surface area contributed by atoms with Crippen LogP contribution in [0.4, 0.5) is 5.82 Å². The van der Waals surface area contributed by atoms with Crippen LogP contribution in [0.15, 0.2) is 12.4 Å². The van der Waals surface area contributed by atoms with Crippen LogP contribution in [0.3, 0.4) is 0 Å². The smallest absolute Gasteiger partial charge is 0.257 e. The second kappa shape index (κ2) is 4.73. The summed E-state index contributed by atoms with van der Waals surface area (Å²) in [6.07, 6.45) is 3.19. The summed E-state index contributed by atoms with van der Waals surface area (Å²) < 4.78 is 4.90. The Hall–Kier alpha value is -1.03. The summed E-state index contributed by atoms with van der Waals surface area (Å²) in [6, 6.07) is 0. The monoisotopic (exact) mass is 175 g/mol. The van der Waals surface area contributed by atoms with Crippen LogP contribution in [0.2, 0.25) is 0 Å². The van der Waals surface area contributed by atoms with Gasteiger partial charge in [0.05, 0.1) is 7.11 Å². The van der Waals surface area contributed by atoms with E-state index in [9.17, 15) is 0 Å². The van der Waals surface area contributed by atoms with E-state index >= 15 is 0 Å². The molecule has 0 saturated heterocycles. The first-order chi connectivity index (χ1) is 4.88. The van der Waals surface area contributed by atoms with Crippen molar-refractivity contribution in [3.8, 4) is 5.88 Å². The fraction of sp³-hybridized carbons (Fsp3) is 0.333. The highest BCUT2D eigenvalue weighted by atomic mass is 35.5. The highest BCUT2D eigenvalue weighted by Gasteiger charge is 1.99. The van der Waals surface area contributed by atoms with Crippen molar-refractivity contribution >= 4 is 18.2 Å². The molecule has 0 unspecified atom stereocenters. The summed E-state index contributed by atoms with van der Waals surface area (Å²) >= 11 is 0. The van der Waals surface area contributed by atoms with Crippen LogP contribution >= 0.6 is 12.4 Å². The first kappa shape index (κ1) is 9.97. The Morgan fingerprint density at radius 1 is 1.36 bits per heavy atom. The molecule has 1 rings (SSSR count).